The third-order valence-corrected chi connectivity index (χ3v) is 5.54. The number of pyridine rings is 1. The second-order valence-electron chi connectivity index (χ2n) is 8.02. The van der Waals surface area contributed by atoms with Gasteiger partial charge in [-0.1, -0.05) is 48.5 Å². The van der Waals surface area contributed by atoms with Crippen molar-refractivity contribution in [2.24, 2.45) is 0 Å². The Bertz CT molecular complexity index is 1590. The van der Waals surface area contributed by atoms with E-state index in [9.17, 15) is 9.18 Å². The van der Waals surface area contributed by atoms with Crippen LogP contribution in [0.1, 0.15) is 15.9 Å². The van der Waals surface area contributed by atoms with Gasteiger partial charge in [0, 0.05) is 17.3 Å². The smallest absolute Gasteiger partial charge is 0.256 e. The van der Waals surface area contributed by atoms with Gasteiger partial charge in [0.25, 0.3) is 5.91 Å². The van der Waals surface area contributed by atoms with Crippen molar-refractivity contribution in [3.05, 3.63) is 108 Å². The Hall–Kier alpha value is -5.03. The van der Waals surface area contributed by atoms with E-state index >= 15 is 0 Å². The zero-order valence-corrected chi connectivity index (χ0v) is 19.1. The summed E-state index contributed by atoms with van der Waals surface area (Å²) in [6.07, 6.45) is 1.60. The molecule has 0 saturated carbocycles. The van der Waals surface area contributed by atoms with Crippen molar-refractivity contribution < 1.29 is 13.9 Å². The standard InChI is InChI=1S/C28H20FN5O2/c29-21-9-4-6-19(14-21)18-34-27-25(17-31-34)24(16-26(33-27)20-7-2-1-3-8-20)28(35)32-22-10-5-11-23(15-22)36-13-12-30/h1-11,14-17H,13,18H2,(H,32,35). The number of nitrogens with one attached hydrogen (secondary N) is 1. The molecule has 5 aromatic rings. The fourth-order valence-corrected chi connectivity index (χ4v) is 3.89. The van der Waals surface area contributed by atoms with Crippen LogP contribution >= 0.6 is 0 Å². The summed E-state index contributed by atoms with van der Waals surface area (Å²) in [5.74, 6) is -0.202. The predicted molar refractivity (Wildman–Crippen MR) is 134 cm³/mol. The van der Waals surface area contributed by atoms with E-state index in [1.165, 1.54) is 12.1 Å². The van der Waals surface area contributed by atoms with Crippen LogP contribution in [-0.4, -0.2) is 27.3 Å². The zero-order valence-electron chi connectivity index (χ0n) is 19.1. The summed E-state index contributed by atoms with van der Waals surface area (Å²) in [7, 11) is 0. The molecule has 0 aliphatic rings. The molecule has 0 aliphatic heterocycles. The number of ether oxygens (including phenoxy) is 1. The Morgan fingerprint density at radius 1 is 1.03 bits per heavy atom. The number of nitriles is 1. The van der Waals surface area contributed by atoms with Gasteiger partial charge in [0.15, 0.2) is 12.3 Å². The maximum atomic E-state index is 13.7. The summed E-state index contributed by atoms with van der Waals surface area (Å²) in [5.41, 5.74) is 3.62. The Labute approximate surface area is 206 Å². The van der Waals surface area contributed by atoms with Gasteiger partial charge in [0.2, 0.25) is 0 Å². The molecule has 0 unspecified atom stereocenters. The average Bonchev–Trinajstić information content (AvgIpc) is 3.30. The third kappa shape index (κ3) is 4.91. The molecule has 0 spiro atoms. The van der Waals surface area contributed by atoms with E-state index in [1.807, 2.05) is 42.5 Å². The molecule has 0 atom stereocenters. The molecule has 1 amide bonds. The highest BCUT2D eigenvalue weighted by Gasteiger charge is 2.18. The lowest BCUT2D eigenvalue weighted by molar-refractivity contribution is 0.102. The van der Waals surface area contributed by atoms with Crippen LogP contribution in [0, 0.1) is 17.1 Å². The minimum atomic E-state index is -0.345. The number of nitrogens with zero attached hydrogens (tertiary/aromatic N) is 4. The van der Waals surface area contributed by atoms with Gasteiger partial charge < -0.3 is 10.1 Å². The van der Waals surface area contributed by atoms with Crippen molar-refractivity contribution in [1.82, 2.24) is 14.8 Å². The largest absolute Gasteiger partial charge is 0.479 e. The third-order valence-electron chi connectivity index (χ3n) is 5.54. The molecule has 3 aromatic carbocycles. The molecule has 8 heteroatoms. The molecule has 0 saturated heterocycles. The minimum Gasteiger partial charge on any atom is -0.479 e. The first-order chi connectivity index (χ1) is 17.6. The summed E-state index contributed by atoms with van der Waals surface area (Å²) in [6, 6.07) is 26.3. The van der Waals surface area contributed by atoms with Crippen LogP contribution in [-0.2, 0) is 6.54 Å². The van der Waals surface area contributed by atoms with Crippen LogP contribution in [0.25, 0.3) is 22.3 Å². The van der Waals surface area contributed by atoms with E-state index < -0.39 is 0 Å². The molecule has 5 rings (SSSR count). The minimum absolute atomic E-state index is 0.0900. The second kappa shape index (κ2) is 10.1. The summed E-state index contributed by atoms with van der Waals surface area (Å²) in [4.78, 5) is 18.2. The maximum Gasteiger partial charge on any atom is 0.256 e. The quantitative estimate of drug-likeness (QED) is 0.337. The molecule has 0 aliphatic carbocycles. The van der Waals surface area contributed by atoms with Gasteiger partial charge in [-0.05, 0) is 35.9 Å². The van der Waals surface area contributed by atoms with Gasteiger partial charge in [-0.2, -0.15) is 10.4 Å². The number of halogens is 1. The van der Waals surface area contributed by atoms with Crippen molar-refractivity contribution in [2.75, 3.05) is 11.9 Å². The second-order valence-corrected chi connectivity index (χ2v) is 8.02. The molecule has 2 heterocycles. The average molecular weight is 477 g/mol. The first-order valence-corrected chi connectivity index (χ1v) is 11.2. The fraction of sp³-hybridized carbons (Fsp3) is 0.0714. The molecule has 7 nitrogen and oxygen atoms in total. The topological polar surface area (TPSA) is 92.8 Å². The van der Waals surface area contributed by atoms with E-state index in [4.69, 9.17) is 15.0 Å². The number of anilines is 1. The number of carbonyl (C=O) groups excluding carboxylic acids is 1. The highest BCUT2D eigenvalue weighted by molar-refractivity contribution is 6.12. The van der Waals surface area contributed by atoms with Gasteiger partial charge in [0.1, 0.15) is 17.6 Å². The van der Waals surface area contributed by atoms with Crippen LogP contribution in [0.4, 0.5) is 10.1 Å². The number of hydrogen-bond donors (Lipinski definition) is 1. The number of hydrogen-bond acceptors (Lipinski definition) is 5. The molecule has 0 fully saturated rings. The van der Waals surface area contributed by atoms with E-state index in [-0.39, 0.29) is 18.3 Å². The maximum absolute atomic E-state index is 13.7. The van der Waals surface area contributed by atoms with Gasteiger partial charge in [-0.3, -0.25) is 4.79 Å². The first kappa shape index (κ1) is 22.7. The van der Waals surface area contributed by atoms with E-state index in [0.717, 1.165) is 11.1 Å². The Morgan fingerprint density at radius 3 is 2.67 bits per heavy atom. The van der Waals surface area contributed by atoms with Crippen molar-refractivity contribution in [1.29, 1.82) is 5.26 Å². The van der Waals surface area contributed by atoms with E-state index in [1.54, 1.807) is 47.3 Å². The fourth-order valence-electron chi connectivity index (χ4n) is 3.89. The lowest BCUT2D eigenvalue weighted by Gasteiger charge is -2.11. The number of amides is 1. The molecule has 36 heavy (non-hydrogen) atoms. The van der Waals surface area contributed by atoms with E-state index in [0.29, 0.717) is 40.3 Å². The molecule has 0 radical (unpaired) electrons. The summed E-state index contributed by atoms with van der Waals surface area (Å²) < 4.78 is 20.7. The van der Waals surface area contributed by atoms with E-state index in [2.05, 4.69) is 10.4 Å². The highest BCUT2D eigenvalue weighted by Crippen LogP contribution is 2.27. The summed E-state index contributed by atoms with van der Waals surface area (Å²) in [5, 5.41) is 16.7. The Kier molecular flexibility index (Phi) is 6.36. The highest BCUT2D eigenvalue weighted by atomic mass is 19.1. The van der Waals surface area contributed by atoms with Gasteiger partial charge in [-0.15, -0.1) is 0 Å². The molecular formula is C28H20FN5O2. The molecule has 0 bridgehead atoms. The lowest BCUT2D eigenvalue weighted by Crippen LogP contribution is -2.13. The monoisotopic (exact) mass is 477 g/mol. The summed E-state index contributed by atoms with van der Waals surface area (Å²) in [6.45, 7) is 0.207. The van der Waals surface area contributed by atoms with Crippen molar-refractivity contribution in [3.8, 4) is 23.1 Å². The van der Waals surface area contributed by atoms with Gasteiger partial charge in [-0.25, -0.2) is 14.1 Å². The van der Waals surface area contributed by atoms with Crippen molar-refractivity contribution in [2.45, 2.75) is 6.54 Å². The molecule has 176 valence electrons. The normalized spacial score (nSPS) is 10.7. The Balaban J connectivity index is 1.55. The Morgan fingerprint density at radius 2 is 1.86 bits per heavy atom. The van der Waals surface area contributed by atoms with Crippen LogP contribution in [0.2, 0.25) is 0 Å². The number of fused-ring (bicyclic) bond motifs is 1. The molecule has 1 N–H and O–H groups in total. The molecule has 2 aromatic heterocycles. The summed E-state index contributed by atoms with van der Waals surface area (Å²) >= 11 is 0. The number of rotatable bonds is 7. The number of aromatic nitrogens is 3. The first-order valence-electron chi connectivity index (χ1n) is 11.2. The van der Waals surface area contributed by atoms with Crippen LogP contribution in [0.3, 0.4) is 0 Å². The zero-order chi connectivity index (χ0) is 24.9. The van der Waals surface area contributed by atoms with Crippen LogP contribution in [0.15, 0.2) is 91.1 Å². The van der Waals surface area contributed by atoms with Crippen molar-refractivity contribution in [3.63, 3.8) is 0 Å². The van der Waals surface area contributed by atoms with Crippen molar-refractivity contribution >= 4 is 22.6 Å². The van der Waals surface area contributed by atoms with Crippen LogP contribution < -0.4 is 10.1 Å². The number of carbonyl (C=O) groups is 1. The lowest BCUT2D eigenvalue weighted by atomic mass is 10.1. The molecular weight excluding hydrogens is 457 g/mol. The SMILES string of the molecule is N#CCOc1cccc(NC(=O)c2cc(-c3ccccc3)nc3c2cnn3Cc2cccc(F)c2)c1. The predicted octanol–water partition coefficient (Wildman–Crippen LogP) is 5.44. The van der Waals surface area contributed by atoms with Crippen LogP contribution in [0.5, 0.6) is 5.75 Å². The number of benzene rings is 3. The van der Waals surface area contributed by atoms with Gasteiger partial charge in [0.05, 0.1) is 29.4 Å². The van der Waals surface area contributed by atoms with Gasteiger partial charge >= 0.3 is 0 Å².